The van der Waals surface area contributed by atoms with E-state index in [1.54, 1.807) is 12.1 Å². The third-order valence-corrected chi connectivity index (χ3v) is 5.14. The number of fused-ring (bicyclic) bond motifs is 2. The molecule has 9 heteroatoms. The van der Waals surface area contributed by atoms with E-state index in [1.807, 2.05) is 18.2 Å². The van der Waals surface area contributed by atoms with Gasteiger partial charge in [0.2, 0.25) is 18.6 Å². The quantitative estimate of drug-likeness (QED) is 0.606. The van der Waals surface area contributed by atoms with Crippen molar-refractivity contribution in [3.63, 3.8) is 0 Å². The predicted molar refractivity (Wildman–Crippen MR) is 104 cm³/mol. The van der Waals surface area contributed by atoms with E-state index in [0.717, 1.165) is 5.56 Å². The highest BCUT2D eigenvalue weighted by molar-refractivity contribution is 5.73. The van der Waals surface area contributed by atoms with E-state index in [1.165, 1.54) is 13.2 Å². The first kappa shape index (κ1) is 17.8. The molecular formula is C21H16N4O5. The van der Waals surface area contributed by atoms with Gasteiger partial charge in [0, 0.05) is 5.56 Å². The minimum Gasteiger partial charge on any atom is -0.504 e. The summed E-state index contributed by atoms with van der Waals surface area (Å²) < 4.78 is 21.7. The molecule has 3 aromatic rings. The van der Waals surface area contributed by atoms with Crippen LogP contribution in [0.4, 0.5) is 0 Å². The van der Waals surface area contributed by atoms with Gasteiger partial charge in [0.25, 0.3) is 0 Å². The van der Waals surface area contributed by atoms with Gasteiger partial charge in [0.1, 0.15) is 11.6 Å². The molecule has 1 aromatic heterocycles. The van der Waals surface area contributed by atoms with Crippen LogP contribution >= 0.6 is 0 Å². The highest BCUT2D eigenvalue weighted by atomic mass is 16.7. The van der Waals surface area contributed by atoms with Crippen LogP contribution in [0.5, 0.6) is 28.9 Å². The number of hydrogen-bond donors (Lipinski definition) is 3. The molecule has 0 fully saturated rings. The Hall–Kier alpha value is -4.32. The summed E-state index contributed by atoms with van der Waals surface area (Å²) in [4.78, 5) is 0. The maximum absolute atomic E-state index is 9.99. The van der Waals surface area contributed by atoms with Gasteiger partial charge in [-0.25, -0.2) is 0 Å². The number of aromatic amines is 1. The number of nitriles is 1. The summed E-state index contributed by atoms with van der Waals surface area (Å²) in [6, 6.07) is 12.5. The highest BCUT2D eigenvalue weighted by Crippen LogP contribution is 2.47. The second-order valence-corrected chi connectivity index (χ2v) is 6.74. The molecule has 150 valence electrons. The molecular weight excluding hydrogens is 388 g/mol. The zero-order valence-corrected chi connectivity index (χ0v) is 15.8. The topological polar surface area (TPSA) is 136 Å². The second kappa shape index (κ2) is 6.63. The van der Waals surface area contributed by atoms with E-state index in [-0.39, 0.29) is 35.6 Å². The fourth-order valence-corrected chi connectivity index (χ4v) is 3.72. The average Bonchev–Trinajstić information content (AvgIpc) is 3.39. The van der Waals surface area contributed by atoms with E-state index in [0.29, 0.717) is 28.3 Å². The van der Waals surface area contributed by atoms with Crippen molar-refractivity contribution < 1.29 is 24.1 Å². The number of phenolic OH excluding ortho intramolecular Hbond substituents is 1. The summed E-state index contributed by atoms with van der Waals surface area (Å²) in [6.45, 7) is 0.163. The molecule has 0 saturated heterocycles. The van der Waals surface area contributed by atoms with Crippen molar-refractivity contribution in [1.29, 1.82) is 5.26 Å². The lowest BCUT2D eigenvalue weighted by atomic mass is 9.83. The largest absolute Gasteiger partial charge is 0.504 e. The van der Waals surface area contributed by atoms with Crippen molar-refractivity contribution in [1.82, 2.24) is 10.2 Å². The number of hydrogen-bond acceptors (Lipinski definition) is 8. The number of benzene rings is 2. The molecule has 0 saturated carbocycles. The summed E-state index contributed by atoms with van der Waals surface area (Å²) in [5.41, 5.74) is 9.03. The van der Waals surface area contributed by atoms with Gasteiger partial charge in [0.05, 0.1) is 24.3 Å². The van der Waals surface area contributed by atoms with E-state index in [4.69, 9.17) is 24.7 Å². The van der Waals surface area contributed by atoms with E-state index >= 15 is 0 Å². The Kier molecular flexibility index (Phi) is 3.93. The van der Waals surface area contributed by atoms with Crippen LogP contribution in [0.2, 0.25) is 0 Å². The van der Waals surface area contributed by atoms with E-state index in [9.17, 15) is 10.4 Å². The van der Waals surface area contributed by atoms with Crippen molar-refractivity contribution in [3.05, 3.63) is 59.0 Å². The number of ether oxygens (including phenoxy) is 4. The number of phenols is 1. The highest BCUT2D eigenvalue weighted by Gasteiger charge is 2.36. The van der Waals surface area contributed by atoms with Crippen LogP contribution in [-0.2, 0) is 0 Å². The Labute approximate surface area is 170 Å². The normalized spacial score (nSPS) is 16.6. The van der Waals surface area contributed by atoms with E-state index < -0.39 is 5.92 Å². The molecule has 3 heterocycles. The Morgan fingerprint density at radius 1 is 1.23 bits per heavy atom. The zero-order valence-electron chi connectivity index (χ0n) is 15.8. The molecule has 30 heavy (non-hydrogen) atoms. The summed E-state index contributed by atoms with van der Waals surface area (Å²) in [6.07, 6.45) is 0. The Bertz CT molecular complexity index is 1240. The Morgan fingerprint density at radius 2 is 2.07 bits per heavy atom. The standard InChI is InChI=1S/C21H16N4O5/c1-27-15-6-10(2-4-13(15)26)17-12(8-22)20(23)30-21-18(17)19(24-25-21)11-3-5-14-16(7-11)29-9-28-14/h2-7,17,26H,9,23H2,1H3,(H,24,25)/t17-/m0/s1. The van der Waals surface area contributed by atoms with Gasteiger partial charge in [0.15, 0.2) is 23.0 Å². The van der Waals surface area contributed by atoms with Crippen molar-refractivity contribution in [2.75, 3.05) is 13.9 Å². The first-order chi connectivity index (χ1) is 14.6. The average molecular weight is 404 g/mol. The van der Waals surface area contributed by atoms with E-state index in [2.05, 4.69) is 16.3 Å². The third-order valence-electron chi connectivity index (χ3n) is 5.14. The van der Waals surface area contributed by atoms with Gasteiger partial charge in [-0.2, -0.15) is 5.26 Å². The van der Waals surface area contributed by atoms with Gasteiger partial charge < -0.3 is 29.8 Å². The lowest BCUT2D eigenvalue weighted by molar-refractivity contribution is 0.174. The molecule has 0 unspecified atom stereocenters. The first-order valence-electron chi connectivity index (χ1n) is 9.03. The number of methoxy groups -OCH3 is 1. The van der Waals surface area contributed by atoms with Crippen LogP contribution in [0, 0.1) is 11.3 Å². The van der Waals surface area contributed by atoms with Crippen LogP contribution in [0.3, 0.4) is 0 Å². The molecule has 4 N–H and O–H groups in total. The van der Waals surface area contributed by atoms with Crippen molar-refractivity contribution in [3.8, 4) is 46.2 Å². The second-order valence-electron chi connectivity index (χ2n) is 6.74. The molecule has 1 atom stereocenters. The fraction of sp³-hybridized carbons (Fsp3) is 0.143. The Balaban J connectivity index is 1.71. The monoisotopic (exact) mass is 404 g/mol. The predicted octanol–water partition coefficient (Wildman–Crippen LogP) is 2.74. The lowest BCUT2D eigenvalue weighted by Crippen LogP contribution is -2.21. The Morgan fingerprint density at radius 3 is 2.87 bits per heavy atom. The van der Waals surface area contributed by atoms with Crippen LogP contribution < -0.4 is 24.7 Å². The first-order valence-corrected chi connectivity index (χ1v) is 9.03. The SMILES string of the molecule is COc1cc([C@H]2C(C#N)=C(N)Oc3n[nH]c(-c4ccc5c(c4)OCO5)c32)ccc1O. The summed E-state index contributed by atoms with van der Waals surface area (Å²) >= 11 is 0. The van der Waals surface area contributed by atoms with Gasteiger partial charge in [-0.3, -0.25) is 5.10 Å². The van der Waals surface area contributed by atoms with Crippen molar-refractivity contribution >= 4 is 0 Å². The van der Waals surface area contributed by atoms with Gasteiger partial charge in [-0.15, -0.1) is 5.10 Å². The zero-order chi connectivity index (χ0) is 20.8. The van der Waals surface area contributed by atoms with Gasteiger partial charge >= 0.3 is 0 Å². The molecule has 0 aliphatic carbocycles. The number of nitrogens with zero attached hydrogens (tertiary/aromatic N) is 2. The molecule has 9 nitrogen and oxygen atoms in total. The van der Waals surface area contributed by atoms with Crippen LogP contribution in [0.15, 0.2) is 47.9 Å². The minimum absolute atomic E-state index is 0.00724. The van der Waals surface area contributed by atoms with Crippen LogP contribution in [0.1, 0.15) is 17.0 Å². The minimum atomic E-state index is -0.576. The third kappa shape index (κ3) is 2.58. The number of nitrogens with two attached hydrogens (primary N) is 1. The number of nitrogens with one attached hydrogen (secondary N) is 1. The van der Waals surface area contributed by atoms with Crippen LogP contribution in [-0.4, -0.2) is 29.2 Å². The van der Waals surface area contributed by atoms with Gasteiger partial charge in [-0.05, 0) is 35.9 Å². The molecule has 2 aliphatic rings. The molecule has 0 bridgehead atoms. The van der Waals surface area contributed by atoms with Crippen molar-refractivity contribution in [2.45, 2.75) is 5.92 Å². The van der Waals surface area contributed by atoms with Crippen LogP contribution in [0.25, 0.3) is 11.3 Å². The molecule has 0 spiro atoms. The number of allylic oxidation sites excluding steroid dienone is 1. The number of rotatable bonds is 3. The summed E-state index contributed by atoms with van der Waals surface area (Å²) in [5.74, 6) is 1.22. The number of aromatic hydroxyl groups is 1. The molecule has 0 radical (unpaired) electrons. The number of H-pyrrole nitrogens is 1. The maximum atomic E-state index is 9.99. The smallest absolute Gasteiger partial charge is 0.244 e. The fourth-order valence-electron chi connectivity index (χ4n) is 3.72. The lowest BCUT2D eigenvalue weighted by Gasteiger charge is -2.24. The van der Waals surface area contributed by atoms with Gasteiger partial charge in [-0.1, -0.05) is 6.07 Å². The van der Waals surface area contributed by atoms with Crippen molar-refractivity contribution in [2.24, 2.45) is 5.73 Å². The summed E-state index contributed by atoms with van der Waals surface area (Å²) in [7, 11) is 1.46. The molecule has 2 aromatic carbocycles. The maximum Gasteiger partial charge on any atom is 0.244 e. The summed E-state index contributed by atoms with van der Waals surface area (Å²) in [5, 5.41) is 27.0. The number of aromatic nitrogens is 2. The molecule has 2 aliphatic heterocycles. The molecule has 5 rings (SSSR count). The molecule has 0 amide bonds.